The summed E-state index contributed by atoms with van der Waals surface area (Å²) in [7, 11) is 0. The van der Waals surface area contributed by atoms with Crippen molar-refractivity contribution in [1.82, 2.24) is 9.96 Å². The number of amides is 2. The Hall–Kier alpha value is -1.84. The summed E-state index contributed by atoms with van der Waals surface area (Å²) in [6, 6.07) is 8.48. The third-order valence-electron chi connectivity index (χ3n) is 3.72. The number of hydroxylamine groups is 2. The van der Waals surface area contributed by atoms with Gasteiger partial charge in [-0.1, -0.05) is 44.0 Å². The van der Waals surface area contributed by atoms with E-state index in [2.05, 4.69) is 31.9 Å². The summed E-state index contributed by atoms with van der Waals surface area (Å²) in [5.41, 5.74) is -0.375. The Balaban J connectivity index is 2.05. The van der Waals surface area contributed by atoms with Crippen LogP contribution in [0.1, 0.15) is 22.1 Å². The number of carbonyl (C=O) groups excluding carboxylic acids is 2. The molecule has 1 atom stereocenters. The quantitative estimate of drug-likeness (QED) is 0.671. The van der Waals surface area contributed by atoms with Crippen molar-refractivity contribution in [3.05, 3.63) is 68.1 Å². The third kappa shape index (κ3) is 3.31. The molecule has 0 aromatic heterocycles. The maximum Gasteiger partial charge on any atom is 0.267 e. The smallest absolute Gasteiger partial charge is 0.267 e. The Morgan fingerprint density at radius 3 is 2.36 bits per heavy atom. The molecule has 1 N–H and O–H groups in total. The molecule has 1 aliphatic rings. The van der Waals surface area contributed by atoms with E-state index in [4.69, 9.17) is 0 Å². The van der Waals surface area contributed by atoms with Gasteiger partial charge in [-0.2, -0.15) is 5.06 Å². The first-order chi connectivity index (χ1) is 11.8. The Kier molecular flexibility index (Phi) is 4.90. The standard InChI is InChI=1S/C16H10Br2F2N2O3/c17-9-3-1-2-8(4-9)15-21(7-13(23)22(15)25)16(24)14-11(19)5-10(18)6-12(14)20/h1-6,15,25H,7H2. The van der Waals surface area contributed by atoms with Crippen LogP contribution in [0.4, 0.5) is 8.78 Å². The molecule has 0 saturated carbocycles. The fourth-order valence-corrected chi connectivity index (χ4v) is 3.45. The lowest BCUT2D eigenvalue weighted by molar-refractivity contribution is -0.168. The second-order valence-electron chi connectivity index (χ2n) is 5.34. The molecule has 9 heteroatoms. The summed E-state index contributed by atoms with van der Waals surface area (Å²) in [6.07, 6.45) is -1.18. The maximum absolute atomic E-state index is 14.1. The fraction of sp³-hybridized carbons (Fsp3) is 0.125. The van der Waals surface area contributed by atoms with Gasteiger partial charge in [0.25, 0.3) is 11.8 Å². The van der Waals surface area contributed by atoms with Crippen molar-refractivity contribution < 1.29 is 23.6 Å². The van der Waals surface area contributed by atoms with Gasteiger partial charge in [0.15, 0.2) is 6.17 Å². The first-order valence-electron chi connectivity index (χ1n) is 7.01. The highest BCUT2D eigenvalue weighted by molar-refractivity contribution is 9.10. The molecule has 1 unspecified atom stereocenters. The zero-order chi connectivity index (χ0) is 18.3. The van der Waals surface area contributed by atoms with Gasteiger partial charge in [0.05, 0.1) is 0 Å². The molecule has 3 rings (SSSR count). The largest absolute Gasteiger partial charge is 0.302 e. The highest BCUT2D eigenvalue weighted by atomic mass is 79.9. The van der Waals surface area contributed by atoms with Gasteiger partial charge in [-0.05, 0) is 29.8 Å². The van der Waals surface area contributed by atoms with Crippen LogP contribution in [0.3, 0.4) is 0 Å². The van der Waals surface area contributed by atoms with Gasteiger partial charge in [-0.15, -0.1) is 0 Å². The average molecular weight is 476 g/mol. The number of benzene rings is 2. The van der Waals surface area contributed by atoms with E-state index in [1.807, 2.05) is 0 Å². The topological polar surface area (TPSA) is 60.9 Å². The van der Waals surface area contributed by atoms with Crippen LogP contribution in [0.2, 0.25) is 0 Å². The Bertz CT molecular complexity index is 855. The van der Waals surface area contributed by atoms with E-state index in [0.717, 1.165) is 17.0 Å². The van der Waals surface area contributed by atoms with Crippen molar-refractivity contribution >= 4 is 43.7 Å². The summed E-state index contributed by atoms with van der Waals surface area (Å²) < 4.78 is 29.0. The number of nitrogens with zero attached hydrogens (tertiary/aromatic N) is 2. The van der Waals surface area contributed by atoms with Crippen LogP contribution in [0.25, 0.3) is 0 Å². The van der Waals surface area contributed by atoms with Crippen LogP contribution >= 0.6 is 31.9 Å². The van der Waals surface area contributed by atoms with E-state index in [0.29, 0.717) is 15.1 Å². The Morgan fingerprint density at radius 1 is 1.12 bits per heavy atom. The number of carbonyl (C=O) groups is 2. The first kappa shape index (κ1) is 18.0. The first-order valence-corrected chi connectivity index (χ1v) is 8.60. The van der Waals surface area contributed by atoms with Crippen molar-refractivity contribution in [2.45, 2.75) is 6.17 Å². The van der Waals surface area contributed by atoms with Gasteiger partial charge in [-0.3, -0.25) is 14.8 Å². The maximum atomic E-state index is 14.1. The molecular formula is C16H10Br2F2N2O3. The van der Waals surface area contributed by atoms with E-state index in [1.54, 1.807) is 24.3 Å². The Morgan fingerprint density at radius 2 is 1.76 bits per heavy atom. The summed E-state index contributed by atoms with van der Waals surface area (Å²) in [5.74, 6) is -3.91. The van der Waals surface area contributed by atoms with Gasteiger partial charge < -0.3 is 4.90 Å². The lowest BCUT2D eigenvalue weighted by Gasteiger charge is -2.27. The van der Waals surface area contributed by atoms with Gasteiger partial charge in [0.1, 0.15) is 23.7 Å². The average Bonchev–Trinajstić information content (AvgIpc) is 2.82. The Labute approximate surface area is 158 Å². The molecular weight excluding hydrogens is 466 g/mol. The minimum atomic E-state index is -1.18. The van der Waals surface area contributed by atoms with Crippen molar-refractivity contribution in [1.29, 1.82) is 0 Å². The molecule has 1 aliphatic heterocycles. The summed E-state index contributed by atoms with van der Waals surface area (Å²) in [5, 5.41) is 10.4. The minimum absolute atomic E-state index is 0.142. The molecule has 0 bridgehead atoms. The second-order valence-corrected chi connectivity index (χ2v) is 7.18. The van der Waals surface area contributed by atoms with Crippen LogP contribution in [0, 0.1) is 11.6 Å². The molecule has 5 nitrogen and oxygen atoms in total. The molecule has 130 valence electrons. The molecule has 0 spiro atoms. The molecule has 1 saturated heterocycles. The summed E-state index contributed by atoms with van der Waals surface area (Å²) in [6.45, 7) is -0.499. The lowest BCUT2D eigenvalue weighted by atomic mass is 10.1. The predicted molar refractivity (Wildman–Crippen MR) is 90.6 cm³/mol. The summed E-state index contributed by atoms with van der Waals surface area (Å²) >= 11 is 6.21. The monoisotopic (exact) mass is 474 g/mol. The van der Waals surface area contributed by atoms with Crippen molar-refractivity contribution in [2.75, 3.05) is 6.54 Å². The van der Waals surface area contributed by atoms with E-state index >= 15 is 0 Å². The van der Waals surface area contributed by atoms with Crippen LogP contribution < -0.4 is 0 Å². The van der Waals surface area contributed by atoms with Gasteiger partial charge in [0, 0.05) is 8.95 Å². The fourth-order valence-electron chi connectivity index (χ4n) is 2.63. The molecule has 1 fully saturated rings. The molecule has 2 aromatic rings. The van der Waals surface area contributed by atoms with Crippen LogP contribution in [-0.4, -0.2) is 33.5 Å². The van der Waals surface area contributed by atoms with Crippen molar-refractivity contribution in [3.8, 4) is 0 Å². The van der Waals surface area contributed by atoms with Crippen LogP contribution in [0.15, 0.2) is 45.3 Å². The number of halogens is 4. The van der Waals surface area contributed by atoms with E-state index in [1.165, 1.54) is 0 Å². The van der Waals surface area contributed by atoms with Crippen LogP contribution in [0.5, 0.6) is 0 Å². The van der Waals surface area contributed by atoms with E-state index < -0.39 is 41.7 Å². The van der Waals surface area contributed by atoms with Crippen molar-refractivity contribution in [2.24, 2.45) is 0 Å². The number of hydrogen-bond donors (Lipinski definition) is 1. The number of hydrogen-bond acceptors (Lipinski definition) is 3. The molecule has 1 heterocycles. The minimum Gasteiger partial charge on any atom is -0.302 e. The zero-order valence-electron chi connectivity index (χ0n) is 12.4. The zero-order valence-corrected chi connectivity index (χ0v) is 15.6. The predicted octanol–water partition coefficient (Wildman–Crippen LogP) is 3.86. The van der Waals surface area contributed by atoms with Gasteiger partial charge >= 0.3 is 0 Å². The molecule has 0 radical (unpaired) electrons. The highest BCUT2D eigenvalue weighted by Crippen LogP contribution is 2.33. The van der Waals surface area contributed by atoms with Crippen LogP contribution in [-0.2, 0) is 4.79 Å². The van der Waals surface area contributed by atoms with Crippen molar-refractivity contribution in [3.63, 3.8) is 0 Å². The van der Waals surface area contributed by atoms with Gasteiger partial charge in [-0.25, -0.2) is 8.78 Å². The second kappa shape index (κ2) is 6.81. The molecule has 25 heavy (non-hydrogen) atoms. The van der Waals surface area contributed by atoms with Gasteiger partial charge in [0.2, 0.25) is 0 Å². The van der Waals surface area contributed by atoms with E-state index in [9.17, 15) is 23.6 Å². The lowest BCUT2D eigenvalue weighted by Crippen LogP contribution is -2.35. The molecule has 2 aromatic carbocycles. The SMILES string of the molecule is O=C1CN(C(=O)c2c(F)cc(Br)cc2F)C(c2cccc(Br)c2)N1O. The number of rotatable bonds is 2. The van der Waals surface area contributed by atoms with E-state index in [-0.39, 0.29) is 4.47 Å². The summed E-state index contributed by atoms with van der Waals surface area (Å²) in [4.78, 5) is 25.5. The normalized spacial score (nSPS) is 17.3. The molecule has 2 amide bonds. The molecule has 0 aliphatic carbocycles. The highest BCUT2D eigenvalue weighted by Gasteiger charge is 2.42. The third-order valence-corrected chi connectivity index (χ3v) is 4.67.